The number of aliphatic hydroxyl groups is 2. The Morgan fingerprint density at radius 2 is 1.27 bits per heavy atom. The van der Waals surface area contributed by atoms with Crippen molar-refractivity contribution < 1.29 is 39.9 Å². The zero-order valence-electron chi connectivity index (χ0n) is 17.2. The molecule has 0 spiro atoms. The maximum Gasteiger partial charge on any atom is 0.317 e. The van der Waals surface area contributed by atoms with Crippen LogP contribution in [0.25, 0.3) is 0 Å². The van der Waals surface area contributed by atoms with Crippen LogP contribution in [0.1, 0.15) is 6.42 Å². The first-order valence-electron chi connectivity index (χ1n) is 10.0. The Labute approximate surface area is 175 Å². The minimum absolute atomic E-state index is 0.0571. The summed E-state index contributed by atoms with van der Waals surface area (Å²) in [4.78, 5) is 40.4. The van der Waals surface area contributed by atoms with Gasteiger partial charge in [0.2, 0.25) is 0 Å². The van der Waals surface area contributed by atoms with Gasteiger partial charge in [0, 0.05) is 52.4 Å². The predicted octanol–water partition coefficient (Wildman–Crippen LogP) is -2.79. The van der Waals surface area contributed by atoms with Crippen molar-refractivity contribution in [2.75, 3.05) is 85.1 Å². The van der Waals surface area contributed by atoms with Crippen LogP contribution in [0.5, 0.6) is 0 Å². The molecule has 0 aromatic rings. The zero-order chi connectivity index (χ0) is 22.5. The highest BCUT2D eigenvalue weighted by molar-refractivity contribution is 5.69. The normalized spacial score (nSPS) is 18.5. The van der Waals surface area contributed by atoms with Gasteiger partial charge in [0.1, 0.15) is 0 Å². The van der Waals surface area contributed by atoms with Crippen molar-refractivity contribution in [2.24, 2.45) is 0 Å². The van der Waals surface area contributed by atoms with Gasteiger partial charge in [-0.1, -0.05) is 0 Å². The Bertz CT molecular complexity index is 522. The predicted molar refractivity (Wildman–Crippen MR) is 106 cm³/mol. The Kier molecular flexibility index (Phi) is 12.4. The zero-order valence-corrected chi connectivity index (χ0v) is 17.2. The van der Waals surface area contributed by atoms with Crippen LogP contribution in [0.4, 0.5) is 0 Å². The van der Waals surface area contributed by atoms with Crippen LogP contribution in [0.3, 0.4) is 0 Å². The minimum atomic E-state index is -1.02. The summed E-state index contributed by atoms with van der Waals surface area (Å²) in [6, 6.07) is 0. The second-order valence-corrected chi connectivity index (χ2v) is 7.50. The SMILES string of the molecule is O=C(O)CN1CCN(CCCN(CC(=O)O)CC(O)CO)CCN(CC(=O)O)CC1. The summed E-state index contributed by atoms with van der Waals surface area (Å²) in [6.45, 7) is 3.44. The average molecular weight is 434 g/mol. The van der Waals surface area contributed by atoms with Crippen molar-refractivity contribution in [3.8, 4) is 0 Å². The molecule has 1 fully saturated rings. The van der Waals surface area contributed by atoms with Gasteiger partial charge < -0.3 is 30.4 Å². The van der Waals surface area contributed by atoms with E-state index in [0.29, 0.717) is 58.8 Å². The van der Waals surface area contributed by atoms with Crippen LogP contribution in [0.2, 0.25) is 0 Å². The lowest BCUT2D eigenvalue weighted by molar-refractivity contribution is -0.140. The maximum atomic E-state index is 11.1. The van der Waals surface area contributed by atoms with Gasteiger partial charge in [-0.15, -0.1) is 0 Å². The summed E-state index contributed by atoms with van der Waals surface area (Å²) < 4.78 is 0. The highest BCUT2D eigenvalue weighted by Crippen LogP contribution is 2.03. The molecular formula is C18H34N4O8. The first-order chi connectivity index (χ1) is 14.2. The molecule has 174 valence electrons. The maximum absolute atomic E-state index is 11.1. The molecule has 12 heteroatoms. The van der Waals surface area contributed by atoms with Gasteiger partial charge in [0.15, 0.2) is 0 Å². The molecule has 0 saturated carbocycles. The summed E-state index contributed by atoms with van der Waals surface area (Å²) in [5.41, 5.74) is 0. The number of aliphatic carboxylic acids is 3. The van der Waals surface area contributed by atoms with Crippen LogP contribution in [0.15, 0.2) is 0 Å². The molecule has 0 amide bonds. The molecule has 0 aliphatic carbocycles. The quantitative estimate of drug-likeness (QED) is 0.202. The van der Waals surface area contributed by atoms with Crippen molar-refractivity contribution in [1.29, 1.82) is 0 Å². The number of aliphatic hydroxyl groups excluding tert-OH is 2. The van der Waals surface area contributed by atoms with E-state index < -0.39 is 30.6 Å². The van der Waals surface area contributed by atoms with E-state index in [4.69, 9.17) is 20.4 Å². The molecule has 12 nitrogen and oxygen atoms in total. The lowest BCUT2D eigenvalue weighted by Crippen LogP contribution is -2.41. The summed E-state index contributed by atoms with van der Waals surface area (Å²) in [5, 5.41) is 45.8. The molecule has 1 unspecified atom stereocenters. The first kappa shape index (κ1) is 26.2. The minimum Gasteiger partial charge on any atom is -0.480 e. The third-order valence-corrected chi connectivity index (χ3v) is 4.90. The van der Waals surface area contributed by atoms with E-state index in [1.165, 1.54) is 0 Å². The summed E-state index contributed by atoms with van der Waals surface area (Å²) in [7, 11) is 0. The Morgan fingerprint density at radius 3 is 1.67 bits per heavy atom. The van der Waals surface area contributed by atoms with E-state index in [-0.39, 0.29) is 26.2 Å². The Balaban J connectivity index is 2.64. The van der Waals surface area contributed by atoms with E-state index in [1.54, 1.807) is 14.7 Å². The highest BCUT2D eigenvalue weighted by Gasteiger charge is 2.20. The van der Waals surface area contributed by atoms with Gasteiger partial charge in [0.05, 0.1) is 32.3 Å². The molecule has 30 heavy (non-hydrogen) atoms. The molecular weight excluding hydrogens is 400 g/mol. The van der Waals surface area contributed by atoms with E-state index in [1.807, 2.05) is 0 Å². The fourth-order valence-corrected chi connectivity index (χ4v) is 3.41. The van der Waals surface area contributed by atoms with Crippen LogP contribution in [-0.2, 0) is 14.4 Å². The van der Waals surface area contributed by atoms with E-state index in [9.17, 15) is 19.5 Å². The molecule has 1 aliphatic heterocycles. The molecule has 5 N–H and O–H groups in total. The fraction of sp³-hybridized carbons (Fsp3) is 0.833. The second-order valence-electron chi connectivity index (χ2n) is 7.50. The molecule has 1 atom stereocenters. The lowest BCUT2D eigenvalue weighted by atomic mass is 10.3. The summed E-state index contributed by atoms with van der Waals surface area (Å²) in [6.07, 6.45) is -0.396. The number of rotatable bonds is 13. The standard InChI is InChI=1S/C18H34N4O8/c23-14-15(24)10-22(13-18(29)30)3-1-2-19-4-6-20(11-16(25)26)8-9-21(7-5-19)12-17(27)28/h15,23-24H,1-14H2,(H,25,26)(H,27,28)(H,29,30). The first-order valence-corrected chi connectivity index (χ1v) is 10.0. The Hall–Kier alpha value is -1.83. The topological polar surface area (TPSA) is 165 Å². The van der Waals surface area contributed by atoms with Crippen LogP contribution in [-0.4, -0.2) is 154 Å². The number of carboxylic acid groups (broad SMARTS) is 3. The van der Waals surface area contributed by atoms with Crippen molar-refractivity contribution in [1.82, 2.24) is 19.6 Å². The van der Waals surface area contributed by atoms with Crippen LogP contribution >= 0.6 is 0 Å². The van der Waals surface area contributed by atoms with Gasteiger partial charge in [-0.2, -0.15) is 0 Å². The van der Waals surface area contributed by atoms with Crippen LogP contribution in [0, 0.1) is 0 Å². The van der Waals surface area contributed by atoms with Crippen molar-refractivity contribution >= 4 is 17.9 Å². The highest BCUT2D eigenvalue weighted by atomic mass is 16.4. The lowest BCUT2D eigenvalue weighted by Gasteiger charge is -2.27. The molecule has 0 aromatic carbocycles. The van der Waals surface area contributed by atoms with Crippen molar-refractivity contribution in [3.63, 3.8) is 0 Å². The number of hydrogen-bond acceptors (Lipinski definition) is 9. The summed E-state index contributed by atoms with van der Waals surface area (Å²) in [5.74, 6) is -2.88. The second kappa shape index (κ2) is 14.2. The number of nitrogens with zero attached hydrogens (tertiary/aromatic N) is 4. The third kappa shape index (κ3) is 12.0. The molecule has 1 heterocycles. The molecule has 0 aromatic heterocycles. The van der Waals surface area contributed by atoms with Gasteiger partial charge in [-0.25, -0.2) is 0 Å². The number of hydrogen-bond donors (Lipinski definition) is 5. The molecule has 0 bridgehead atoms. The van der Waals surface area contributed by atoms with E-state index >= 15 is 0 Å². The molecule has 1 saturated heterocycles. The van der Waals surface area contributed by atoms with Gasteiger partial charge in [0.25, 0.3) is 0 Å². The Morgan fingerprint density at radius 1 is 0.800 bits per heavy atom. The van der Waals surface area contributed by atoms with E-state index in [2.05, 4.69) is 4.90 Å². The average Bonchev–Trinajstić information content (AvgIpc) is 2.72. The monoisotopic (exact) mass is 434 g/mol. The van der Waals surface area contributed by atoms with Gasteiger partial charge in [-0.05, 0) is 13.0 Å². The van der Waals surface area contributed by atoms with Crippen molar-refractivity contribution in [3.05, 3.63) is 0 Å². The molecule has 0 radical (unpaired) electrons. The molecule has 1 rings (SSSR count). The van der Waals surface area contributed by atoms with Gasteiger partial charge >= 0.3 is 17.9 Å². The van der Waals surface area contributed by atoms with E-state index in [0.717, 1.165) is 0 Å². The summed E-state index contributed by atoms with van der Waals surface area (Å²) >= 11 is 0. The van der Waals surface area contributed by atoms with Crippen molar-refractivity contribution in [2.45, 2.75) is 12.5 Å². The smallest absolute Gasteiger partial charge is 0.317 e. The van der Waals surface area contributed by atoms with Gasteiger partial charge in [-0.3, -0.25) is 29.1 Å². The largest absolute Gasteiger partial charge is 0.480 e. The third-order valence-electron chi connectivity index (χ3n) is 4.90. The number of carbonyl (C=O) groups is 3. The number of carboxylic acids is 3. The van der Waals surface area contributed by atoms with Crippen LogP contribution < -0.4 is 0 Å². The fourth-order valence-electron chi connectivity index (χ4n) is 3.41. The molecule has 1 aliphatic rings.